The van der Waals surface area contributed by atoms with Crippen LogP contribution in [0.25, 0.3) is 0 Å². The van der Waals surface area contributed by atoms with E-state index in [0.717, 1.165) is 6.42 Å². The van der Waals surface area contributed by atoms with Crippen LogP contribution in [0.15, 0.2) is 4.99 Å². The molecule has 3 heterocycles. The number of amides is 9. The third-order valence-corrected chi connectivity index (χ3v) is 12.1. The summed E-state index contributed by atoms with van der Waals surface area (Å²) < 4.78 is 0. The average Bonchev–Trinajstić information content (AvgIpc) is 4.10. The van der Waals surface area contributed by atoms with Gasteiger partial charge in [-0.05, 0) is 95.9 Å². The van der Waals surface area contributed by atoms with Crippen molar-refractivity contribution in [1.29, 1.82) is 0 Å². The van der Waals surface area contributed by atoms with E-state index >= 15 is 0 Å². The molecule has 0 aromatic carbocycles. The number of nitrogens with one attached hydrogen (secondary N) is 7. The molecule has 0 radical (unpaired) electrons. The van der Waals surface area contributed by atoms with Crippen LogP contribution in [0.5, 0.6) is 0 Å². The SMILES string of the molecule is CC(C)C[C@H](NC(=O)[C@@H]1CCCN1C(=O)[C@@H]1CCCN1C(=O)[C@H](CCCN=C(N)N)NC(=O)[C@H](C)NC(=O)[C@H](CC(C)C)NC(=O)[C@H](CCC(N)=O)NC(=O)[C@H](CO)NC(=O)[C@@H]1CCCN1)C(=O)O. The van der Waals surface area contributed by atoms with Crippen molar-refractivity contribution >= 4 is 65.1 Å². The summed E-state index contributed by atoms with van der Waals surface area (Å²) >= 11 is 0. The van der Waals surface area contributed by atoms with Crippen molar-refractivity contribution in [2.75, 3.05) is 32.8 Å². The number of likely N-dealkylation sites (tertiary alicyclic amines) is 2. The first-order chi connectivity index (χ1) is 32.5. The van der Waals surface area contributed by atoms with E-state index in [1.165, 1.54) is 16.7 Å². The van der Waals surface area contributed by atoms with E-state index in [1.807, 2.05) is 13.8 Å². The van der Waals surface area contributed by atoms with E-state index in [-0.39, 0.29) is 82.4 Å². The standard InChI is InChI=1S/C44H75N13O12/c1-23(2)20-29(53-37(62)27(14-15-34(45)59)51-39(64)31(22-58)55-36(61)26-10-6-16-48-26)38(63)50-25(5)35(60)52-28(11-7-17-49-44(46)47)41(66)57-19-9-13-33(57)42(67)56-18-8-12-32(56)40(65)54-30(43(68)69)21-24(3)4/h23-33,48,58H,6-22H2,1-5H3,(H2,45,59)(H,50,63)(H,51,64)(H,52,60)(H,53,62)(H,54,65)(H,55,61)(H,68,69)(H4,46,47,49)/t25-,26-,27-,28-,29-,30-,31-,32-,33-/m0/s1. The van der Waals surface area contributed by atoms with Gasteiger partial charge in [0.25, 0.3) is 0 Å². The van der Waals surface area contributed by atoms with Gasteiger partial charge in [0, 0.05) is 26.1 Å². The summed E-state index contributed by atoms with van der Waals surface area (Å²) in [7, 11) is 0. The third-order valence-electron chi connectivity index (χ3n) is 12.1. The van der Waals surface area contributed by atoms with Gasteiger partial charge in [-0.2, -0.15) is 0 Å². The first-order valence-corrected chi connectivity index (χ1v) is 23.9. The Hall–Kier alpha value is -6.11. The number of hydrogen-bond donors (Lipinski definition) is 12. The van der Waals surface area contributed by atoms with E-state index in [4.69, 9.17) is 17.2 Å². The molecular formula is C44H75N13O12. The number of aliphatic imine (C=N–C) groups is 1. The lowest BCUT2D eigenvalue weighted by molar-refractivity contribution is -0.149. The number of aliphatic hydroxyl groups is 1. The van der Waals surface area contributed by atoms with Gasteiger partial charge < -0.3 is 74.4 Å². The Kier molecular flexibility index (Phi) is 23.0. The Morgan fingerprint density at radius 3 is 1.78 bits per heavy atom. The van der Waals surface area contributed by atoms with Crippen LogP contribution in [-0.4, -0.2) is 172 Å². The maximum absolute atomic E-state index is 14.4. The normalized spacial score (nSPS) is 20.4. The molecule has 9 atom stereocenters. The quantitative estimate of drug-likeness (QED) is 0.0213. The molecule has 3 aliphatic rings. The molecule has 3 saturated heterocycles. The summed E-state index contributed by atoms with van der Waals surface area (Å²) in [6, 6.07) is -10.3. The molecule has 0 saturated carbocycles. The Morgan fingerprint density at radius 2 is 1.20 bits per heavy atom. The fourth-order valence-corrected chi connectivity index (χ4v) is 8.56. The zero-order valence-corrected chi connectivity index (χ0v) is 40.4. The number of carboxylic acids is 1. The third kappa shape index (κ3) is 18.1. The molecule has 25 heteroatoms. The molecule has 69 heavy (non-hydrogen) atoms. The number of rotatable bonds is 27. The zero-order chi connectivity index (χ0) is 51.5. The van der Waals surface area contributed by atoms with Crippen LogP contribution in [0.1, 0.15) is 112 Å². The van der Waals surface area contributed by atoms with E-state index in [9.17, 15) is 58.2 Å². The second kappa shape index (κ2) is 27.8. The fourth-order valence-electron chi connectivity index (χ4n) is 8.56. The van der Waals surface area contributed by atoms with Crippen LogP contribution in [0, 0.1) is 11.8 Å². The molecule has 388 valence electrons. The highest BCUT2D eigenvalue weighted by Gasteiger charge is 2.44. The minimum Gasteiger partial charge on any atom is -0.480 e. The molecule has 3 fully saturated rings. The molecule has 0 aromatic heterocycles. The topological polar surface area (TPSA) is 392 Å². The maximum atomic E-state index is 14.4. The lowest BCUT2D eigenvalue weighted by Crippen LogP contribution is -2.60. The highest BCUT2D eigenvalue weighted by atomic mass is 16.4. The van der Waals surface area contributed by atoms with Gasteiger partial charge in [0.2, 0.25) is 53.2 Å². The van der Waals surface area contributed by atoms with Gasteiger partial charge in [0.15, 0.2) is 5.96 Å². The number of guanidine groups is 1. The summed E-state index contributed by atoms with van der Waals surface area (Å²) in [6.45, 7) is 8.85. The summed E-state index contributed by atoms with van der Waals surface area (Å²) in [6.07, 6.45) is 2.61. The summed E-state index contributed by atoms with van der Waals surface area (Å²) in [5.41, 5.74) is 16.3. The number of carbonyl (C=O) groups excluding carboxylic acids is 9. The van der Waals surface area contributed by atoms with Crippen LogP contribution in [0.2, 0.25) is 0 Å². The van der Waals surface area contributed by atoms with E-state index in [0.29, 0.717) is 32.2 Å². The van der Waals surface area contributed by atoms with Gasteiger partial charge >= 0.3 is 5.97 Å². The number of aliphatic carboxylic acids is 1. The number of nitrogens with two attached hydrogens (primary N) is 3. The van der Waals surface area contributed by atoms with Gasteiger partial charge in [-0.25, -0.2) is 4.79 Å². The number of primary amides is 1. The molecule has 0 aromatic rings. The molecule has 9 amide bonds. The van der Waals surface area contributed by atoms with Gasteiger partial charge in [0.05, 0.1) is 12.6 Å². The molecule has 25 nitrogen and oxygen atoms in total. The van der Waals surface area contributed by atoms with Gasteiger partial charge in [-0.15, -0.1) is 0 Å². The second-order valence-electron chi connectivity index (χ2n) is 18.8. The highest BCUT2D eigenvalue weighted by molar-refractivity contribution is 5.98. The van der Waals surface area contributed by atoms with E-state index in [2.05, 4.69) is 42.2 Å². The van der Waals surface area contributed by atoms with Crippen LogP contribution in [0.4, 0.5) is 0 Å². The molecule has 0 unspecified atom stereocenters. The monoisotopic (exact) mass is 978 g/mol. The van der Waals surface area contributed by atoms with Crippen molar-refractivity contribution in [3.63, 3.8) is 0 Å². The summed E-state index contributed by atoms with van der Waals surface area (Å²) in [5.74, 6) is -7.98. The fraction of sp³-hybridized carbons (Fsp3) is 0.750. The van der Waals surface area contributed by atoms with Crippen molar-refractivity contribution in [3.05, 3.63) is 0 Å². The molecule has 0 spiro atoms. The zero-order valence-electron chi connectivity index (χ0n) is 40.4. The number of nitrogens with zero attached hydrogens (tertiary/aromatic N) is 3. The first kappa shape index (κ1) is 57.2. The highest BCUT2D eigenvalue weighted by Crippen LogP contribution is 2.26. The largest absolute Gasteiger partial charge is 0.480 e. The van der Waals surface area contributed by atoms with E-state index < -0.39 is 120 Å². The molecule has 3 aliphatic heterocycles. The molecule has 3 rings (SSSR count). The van der Waals surface area contributed by atoms with Crippen molar-refractivity contribution in [3.8, 4) is 0 Å². The molecular weight excluding hydrogens is 903 g/mol. The van der Waals surface area contributed by atoms with E-state index in [1.54, 1.807) is 13.8 Å². The lowest BCUT2D eigenvalue weighted by atomic mass is 10.0. The maximum Gasteiger partial charge on any atom is 0.326 e. The second-order valence-corrected chi connectivity index (χ2v) is 18.8. The number of carbonyl (C=O) groups is 10. The average molecular weight is 978 g/mol. The van der Waals surface area contributed by atoms with Gasteiger partial charge in [-0.3, -0.25) is 48.1 Å². The number of carboxylic acid groups (broad SMARTS) is 1. The minimum absolute atomic E-state index is 0.0172. The smallest absolute Gasteiger partial charge is 0.326 e. The summed E-state index contributed by atoms with van der Waals surface area (Å²) in [4.78, 5) is 140. The van der Waals surface area contributed by atoms with Crippen molar-refractivity contribution in [2.45, 2.75) is 166 Å². The minimum atomic E-state index is -1.44. The van der Waals surface area contributed by atoms with Crippen LogP contribution < -0.4 is 54.4 Å². The number of aliphatic hydroxyl groups excluding tert-OH is 1. The Balaban J connectivity index is 1.76. The first-order valence-electron chi connectivity index (χ1n) is 23.9. The molecule has 0 bridgehead atoms. The summed E-state index contributed by atoms with van der Waals surface area (Å²) in [5, 5.41) is 37.9. The van der Waals surface area contributed by atoms with Crippen LogP contribution >= 0.6 is 0 Å². The van der Waals surface area contributed by atoms with Crippen molar-refractivity contribution < 1.29 is 58.2 Å². The Morgan fingerprint density at radius 1 is 0.638 bits per heavy atom. The van der Waals surface area contributed by atoms with Crippen molar-refractivity contribution in [2.24, 2.45) is 34.0 Å². The predicted octanol–water partition coefficient (Wildman–Crippen LogP) is -3.86. The number of hydrogen-bond acceptors (Lipinski definition) is 13. The molecule has 0 aliphatic carbocycles. The van der Waals surface area contributed by atoms with Gasteiger partial charge in [0.1, 0.15) is 48.3 Å². The van der Waals surface area contributed by atoms with Gasteiger partial charge in [-0.1, -0.05) is 27.7 Å². The van der Waals surface area contributed by atoms with Crippen LogP contribution in [-0.2, 0) is 47.9 Å². The Labute approximate surface area is 402 Å². The molecule has 15 N–H and O–H groups in total. The van der Waals surface area contributed by atoms with Crippen LogP contribution in [0.3, 0.4) is 0 Å². The predicted molar refractivity (Wildman–Crippen MR) is 250 cm³/mol. The Bertz CT molecular complexity index is 1870. The lowest BCUT2D eigenvalue weighted by Gasteiger charge is -2.33. The van der Waals surface area contributed by atoms with Crippen molar-refractivity contribution in [1.82, 2.24) is 47.0 Å².